The summed E-state index contributed by atoms with van der Waals surface area (Å²) < 4.78 is 10.7. The molecule has 6 nitrogen and oxygen atoms in total. The highest BCUT2D eigenvalue weighted by Crippen LogP contribution is 2.28. The molecule has 6 heteroatoms. The lowest BCUT2D eigenvalue weighted by Crippen LogP contribution is -2.39. The van der Waals surface area contributed by atoms with E-state index in [0.29, 0.717) is 24.5 Å². The second-order valence-corrected chi connectivity index (χ2v) is 6.56. The van der Waals surface area contributed by atoms with Gasteiger partial charge in [0, 0.05) is 31.5 Å². The Kier molecular flexibility index (Phi) is 6.08. The number of ether oxygens (including phenoxy) is 2. The molecule has 1 N–H and O–H groups in total. The van der Waals surface area contributed by atoms with Gasteiger partial charge in [0.15, 0.2) is 6.10 Å². The Morgan fingerprint density at radius 2 is 2.04 bits per heavy atom. The largest absolute Gasteiger partial charge is 0.481 e. The summed E-state index contributed by atoms with van der Waals surface area (Å²) in [6.07, 6.45) is 0.231. The smallest absolute Gasteiger partial charge is 0.263 e. The zero-order valence-electron chi connectivity index (χ0n) is 15.6. The molecular formula is C21H24N2O4. The molecule has 0 fully saturated rings. The highest BCUT2D eigenvalue weighted by molar-refractivity contribution is 5.92. The molecule has 0 radical (unpaired) electrons. The number of rotatable bonds is 6. The average molecular weight is 368 g/mol. The highest BCUT2D eigenvalue weighted by atomic mass is 16.5. The number of carbonyl (C=O) groups excluding carboxylic acids is 2. The van der Waals surface area contributed by atoms with Crippen molar-refractivity contribution in [2.24, 2.45) is 0 Å². The number of nitrogens with zero attached hydrogens (tertiary/aromatic N) is 1. The normalized spacial score (nSPS) is 16.3. The van der Waals surface area contributed by atoms with E-state index in [9.17, 15) is 9.59 Å². The minimum Gasteiger partial charge on any atom is -0.481 e. The zero-order chi connectivity index (χ0) is 19.2. The SMILES string of the molecule is COCC(=O)Nc1ccc2c(c1)CN(CCc1ccccc1)C(=O)[C@@H](C)O2. The maximum absolute atomic E-state index is 12.7. The van der Waals surface area contributed by atoms with Crippen LogP contribution in [0.5, 0.6) is 5.75 Å². The second-order valence-electron chi connectivity index (χ2n) is 6.56. The van der Waals surface area contributed by atoms with Crippen molar-refractivity contribution in [1.82, 2.24) is 4.90 Å². The standard InChI is InChI=1S/C21H24N2O4/c1-15-21(25)23(11-10-16-6-4-3-5-7-16)13-17-12-18(8-9-19(17)27-15)22-20(24)14-26-2/h3-9,12,15H,10-11,13-14H2,1-2H3,(H,22,24)/t15-/m1/s1. The lowest BCUT2D eigenvalue weighted by molar-refractivity contribution is -0.137. The van der Waals surface area contributed by atoms with E-state index in [4.69, 9.17) is 9.47 Å². The molecule has 1 atom stereocenters. The van der Waals surface area contributed by atoms with Gasteiger partial charge in [0.25, 0.3) is 5.91 Å². The number of amides is 2. The molecule has 142 valence electrons. The van der Waals surface area contributed by atoms with Crippen LogP contribution in [0.15, 0.2) is 48.5 Å². The second kappa shape index (κ2) is 8.68. The zero-order valence-corrected chi connectivity index (χ0v) is 15.6. The number of methoxy groups -OCH3 is 1. The predicted molar refractivity (Wildman–Crippen MR) is 103 cm³/mol. The topological polar surface area (TPSA) is 67.9 Å². The van der Waals surface area contributed by atoms with Gasteiger partial charge in [0.1, 0.15) is 12.4 Å². The molecule has 2 aromatic rings. The summed E-state index contributed by atoms with van der Waals surface area (Å²) in [6.45, 7) is 2.81. The van der Waals surface area contributed by atoms with Crippen molar-refractivity contribution in [3.63, 3.8) is 0 Å². The first kappa shape index (κ1) is 18.9. The number of carbonyl (C=O) groups is 2. The van der Waals surface area contributed by atoms with Gasteiger partial charge < -0.3 is 19.7 Å². The molecule has 3 rings (SSSR count). The van der Waals surface area contributed by atoms with E-state index in [-0.39, 0.29) is 18.4 Å². The Morgan fingerprint density at radius 3 is 2.78 bits per heavy atom. The van der Waals surface area contributed by atoms with Gasteiger partial charge in [-0.2, -0.15) is 0 Å². The van der Waals surface area contributed by atoms with E-state index >= 15 is 0 Å². The molecule has 1 heterocycles. The molecule has 1 aliphatic rings. The Balaban J connectivity index is 1.76. The summed E-state index contributed by atoms with van der Waals surface area (Å²) in [6, 6.07) is 15.5. The van der Waals surface area contributed by atoms with Gasteiger partial charge in [-0.1, -0.05) is 30.3 Å². The summed E-state index contributed by atoms with van der Waals surface area (Å²) in [5.74, 6) is 0.410. The predicted octanol–water partition coefficient (Wildman–Crippen LogP) is 2.62. The molecule has 0 bridgehead atoms. The minimum absolute atomic E-state index is 0.00763. The van der Waals surface area contributed by atoms with Crippen LogP contribution < -0.4 is 10.1 Å². The van der Waals surface area contributed by atoms with Crippen LogP contribution in [-0.4, -0.2) is 43.1 Å². The van der Waals surface area contributed by atoms with Crippen LogP contribution in [-0.2, 0) is 27.3 Å². The average Bonchev–Trinajstić information content (AvgIpc) is 2.78. The lowest BCUT2D eigenvalue weighted by Gasteiger charge is -2.22. The molecule has 0 aromatic heterocycles. The molecule has 1 aliphatic heterocycles. The molecule has 27 heavy (non-hydrogen) atoms. The molecule has 0 aliphatic carbocycles. The summed E-state index contributed by atoms with van der Waals surface area (Å²) >= 11 is 0. The van der Waals surface area contributed by atoms with Gasteiger partial charge in [0.2, 0.25) is 5.91 Å². The third-order valence-electron chi connectivity index (χ3n) is 4.46. The summed E-state index contributed by atoms with van der Waals surface area (Å²) in [5.41, 5.74) is 2.71. The Labute approximate surface area is 159 Å². The van der Waals surface area contributed by atoms with Crippen molar-refractivity contribution in [1.29, 1.82) is 0 Å². The van der Waals surface area contributed by atoms with Gasteiger partial charge in [-0.15, -0.1) is 0 Å². The number of hydrogen-bond donors (Lipinski definition) is 1. The van der Waals surface area contributed by atoms with Crippen LogP contribution >= 0.6 is 0 Å². The Bertz CT molecular complexity index is 807. The van der Waals surface area contributed by atoms with Gasteiger partial charge in [0.05, 0.1) is 0 Å². The molecule has 0 unspecified atom stereocenters. The fourth-order valence-corrected chi connectivity index (χ4v) is 3.10. The molecule has 0 saturated heterocycles. The van der Waals surface area contributed by atoms with Crippen molar-refractivity contribution >= 4 is 17.5 Å². The fourth-order valence-electron chi connectivity index (χ4n) is 3.10. The summed E-state index contributed by atoms with van der Waals surface area (Å²) in [4.78, 5) is 26.3. The van der Waals surface area contributed by atoms with Crippen LogP contribution in [0.1, 0.15) is 18.1 Å². The number of fused-ring (bicyclic) bond motifs is 1. The van der Waals surface area contributed by atoms with Crippen molar-refractivity contribution in [2.45, 2.75) is 26.0 Å². The van der Waals surface area contributed by atoms with Crippen LogP contribution in [0.4, 0.5) is 5.69 Å². The number of benzene rings is 2. The molecule has 2 aromatic carbocycles. The monoisotopic (exact) mass is 368 g/mol. The van der Waals surface area contributed by atoms with Gasteiger partial charge in [-0.25, -0.2) is 0 Å². The molecular weight excluding hydrogens is 344 g/mol. The van der Waals surface area contributed by atoms with Crippen LogP contribution in [0.25, 0.3) is 0 Å². The maximum atomic E-state index is 12.7. The van der Waals surface area contributed by atoms with Gasteiger partial charge >= 0.3 is 0 Å². The van der Waals surface area contributed by atoms with Gasteiger partial charge in [-0.05, 0) is 37.1 Å². The number of anilines is 1. The van der Waals surface area contributed by atoms with E-state index in [1.54, 1.807) is 19.1 Å². The first-order valence-corrected chi connectivity index (χ1v) is 8.98. The fraction of sp³-hybridized carbons (Fsp3) is 0.333. The van der Waals surface area contributed by atoms with E-state index < -0.39 is 6.10 Å². The van der Waals surface area contributed by atoms with Crippen molar-refractivity contribution in [3.05, 3.63) is 59.7 Å². The maximum Gasteiger partial charge on any atom is 0.263 e. The van der Waals surface area contributed by atoms with Gasteiger partial charge in [-0.3, -0.25) is 9.59 Å². The Morgan fingerprint density at radius 1 is 1.26 bits per heavy atom. The van der Waals surface area contributed by atoms with Crippen molar-refractivity contribution in [2.75, 3.05) is 25.6 Å². The van der Waals surface area contributed by atoms with Crippen LogP contribution in [0, 0.1) is 0 Å². The van der Waals surface area contributed by atoms with Crippen molar-refractivity contribution < 1.29 is 19.1 Å². The number of hydrogen-bond acceptors (Lipinski definition) is 4. The van der Waals surface area contributed by atoms with E-state index in [1.807, 2.05) is 29.2 Å². The molecule has 0 saturated carbocycles. The number of nitrogens with one attached hydrogen (secondary N) is 1. The van der Waals surface area contributed by atoms with E-state index in [0.717, 1.165) is 12.0 Å². The minimum atomic E-state index is -0.545. The Hall–Kier alpha value is -2.86. The summed E-state index contributed by atoms with van der Waals surface area (Å²) in [5, 5.41) is 2.79. The van der Waals surface area contributed by atoms with E-state index in [1.165, 1.54) is 12.7 Å². The quantitative estimate of drug-likeness (QED) is 0.851. The van der Waals surface area contributed by atoms with E-state index in [2.05, 4.69) is 17.4 Å². The molecule has 0 spiro atoms. The lowest BCUT2D eigenvalue weighted by atomic mass is 10.1. The third-order valence-corrected chi connectivity index (χ3v) is 4.46. The third kappa shape index (κ3) is 4.86. The molecule has 2 amide bonds. The van der Waals surface area contributed by atoms with Crippen LogP contribution in [0.3, 0.4) is 0 Å². The van der Waals surface area contributed by atoms with Crippen LogP contribution in [0.2, 0.25) is 0 Å². The first-order valence-electron chi connectivity index (χ1n) is 8.98. The highest BCUT2D eigenvalue weighted by Gasteiger charge is 2.27. The van der Waals surface area contributed by atoms with Crippen molar-refractivity contribution in [3.8, 4) is 5.75 Å². The first-order chi connectivity index (χ1) is 13.1. The summed E-state index contributed by atoms with van der Waals surface area (Å²) in [7, 11) is 1.47.